The molecule has 3 aliphatic rings. The number of benzene rings is 1. The van der Waals surface area contributed by atoms with Gasteiger partial charge in [0, 0.05) is 25.7 Å². The van der Waals surface area contributed by atoms with E-state index in [4.69, 9.17) is 0 Å². The molecule has 2 atom stereocenters. The van der Waals surface area contributed by atoms with E-state index >= 15 is 0 Å². The van der Waals surface area contributed by atoms with Crippen LogP contribution < -0.4 is 10.6 Å². The number of likely N-dealkylation sites (tertiary alicyclic amines) is 1. The highest BCUT2D eigenvalue weighted by Gasteiger charge is 2.56. The van der Waals surface area contributed by atoms with Gasteiger partial charge in [-0.25, -0.2) is 4.79 Å². The van der Waals surface area contributed by atoms with Crippen LogP contribution in [0.3, 0.4) is 0 Å². The largest absolute Gasteiger partial charge is 0.352 e. The minimum absolute atomic E-state index is 0.0227. The number of hydrogen-bond acceptors (Lipinski definition) is 4. The molecule has 4 rings (SSSR count). The third-order valence-electron chi connectivity index (χ3n) is 7.53. The predicted molar refractivity (Wildman–Crippen MR) is 127 cm³/mol. The fourth-order valence-electron chi connectivity index (χ4n) is 6.33. The molecular weight excluding hydrogens is 416 g/mol. The van der Waals surface area contributed by atoms with Crippen LogP contribution in [0.1, 0.15) is 64.0 Å². The Bertz CT molecular complexity index is 922. The lowest BCUT2D eigenvalue weighted by molar-refractivity contribution is -0.137. The summed E-state index contributed by atoms with van der Waals surface area (Å²) in [6.45, 7) is 11.1. The molecule has 0 aromatic heterocycles. The lowest BCUT2D eigenvalue weighted by atomic mass is 9.64. The summed E-state index contributed by atoms with van der Waals surface area (Å²) >= 11 is 0. The second-order valence-electron chi connectivity index (χ2n) is 11.3. The average Bonchev–Trinajstić information content (AvgIpc) is 2.93. The van der Waals surface area contributed by atoms with E-state index in [9.17, 15) is 14.4 Å². The maximum Gasteiger partial charge on any atom is 0.325 e. The number of hydrogen-bond donors (Lipinski definition) is 2. The topological polar surface area (TPSA) is 81.8 Å². The molecule has 33 heavy (non-hydrogen) atoms. The Morgan fingerprint density at radius 1 is 1.15 bits per heavy atom. The van der Waals surface area contributed by atoms with E-state index < -0.39 is 11.6 Å². The molecule has 3 fully saturated rings. The van der Waals surface area contributed by atoms with Crippen molar-refractivity contribution in [3.8, 4) is 0 Å². The number of nitrogens with one attached hydrogen (secondary N) is 2. The van der Waals surface area contributed by atoms with Crippen LogP contribution in [-0.4, -0.2) is 58.9 Å². The molecule has 7 nitrogen and oxygen atoms in total. The van der Waals surface area contributed by atoms with Gasteiger partial charge in [0.2, 0.25) is 5.91 Å². The van der Waals surface area contributed by atoms with Crippen LogP contribution in [0.15, 0.2) is 24.3 Å². The highest BCUT2D eigenvalue weighted by Crippen LogP contribution is 2.46. The van der Waals surface area contributed by atoms with Gasteiger partial charge in [-0.1, -0.05) is 45.0 Å². The summed E-state index contributed by atoms with van der Waals surface area (Å²) < 4.78 is 0. The van der Waals surface area contributed by atoms with Crippen molar-refractivity contribution >= 4 is 17.8 Å². The molecule has 2 heterocycles. The first-order valence-corrected chi connectivity index (χ1v) is 12.3. The molecule has 2 N–H and O–H groups in total. The van der Waals surface area contributed by atoms with Crippen LogP contribution >= 0.6 is 0 Å². The number of imide groups is 1. The molecule has 2 unspecified atom stereocenters. The van der Waals surface area contributed by atoms with Gasteiger partial charge in [0.1, 0.15) is 12.1 Å². The number of urea groups is 1. The number of amides is 4. The molecule has 1 aliphatic carbocycles. The normalized spacial score (nSPS) is 28.2. The highest BCUT2D eigenvalue weighted by atomic mass is 16.2. The first kappa shape index (κ1) is 23.7. The quantitative estimate of drug-likeness (QED) is 0.670. The van der Waals surface area contributed by atoms with E-state index in [0.717, 1.165) is 43.8 Å². The number of aryl methyl sites for hydroxylation is 1. The molecule has 0 bridgehead atoms. The van der Waals surface area contributed by atoms with Gasteiger partial charge < -0.3 is 10.6 Å². The third-order valence-corrected chi connectivity index (χ3v) is 7.53. The zero-order valence-electron chi connectivity index (χ0n) is 20.4. The van der Waals surface area contributed by atoms with Gasteiger partial charge in [-0.15, -0.1) is 0 Å². The molecule has 1 aromatic rings. The van der Waals surface area contributed by atoms with Gasteiger partial charge in [0.15, 0.2) is 0 Å². The van der Waals surface area contributed by atoms with Crippen LogP contribution in [-0.2, 0) is 16.1 Å². The molecule has 2 aliphatic heterocycles. The molecule has 1 spiro atoms. The van der Waals surface area contributed by atoms with Crippen LogP contribution in [0.4, 0.5) is 4.79 Å². The van der Waals surface area contributed by atoms with Crippen molar-refractivity contribution in [1.82, 2.24) is 20.4 Å². The number of rotatable bonds is 5. The third kappa shape index (κ3) is 5.24. The number of carbonyl (C=O) groups is 3. The number of carbonyl (C=O) groups excluding carboxylic acids is 3. The van der Waals surface area contributed by atoms with E-state index in [-0.39, 0.29) is 29.8 Å². The summed E-state index contributed by atoms with van der Waals surface area (Å²) in [6.07, 6.45) is 4.02. The van der Waals surface area contributed by atoms with Crippen molar-refractivity contribution < 1.29 is 14.4 Å². The molecule has 4 amide bonds. The Labute approximate surface area is 197 Å². The second-order valence-corrected chi connectivity index (χ2v) is 11.3. The van der Waals surface area contributed by atoms with Crippen molar-refractivity contribution in [3.63, 3.8) is 0 Å². The number of piperidine rings is 1. The fraction of sp³-hybridized carbons (Fsp3) is 0.654. The van der Waals surface area contributed by atoms with Gasteiger partial charge in [-0.3, -0.25) is 19.4 Å². The van der Waals surface area contributed by atoms with Crippen molar-refractivity contribution in [3.05, 3.63) is 35.4 Å². The van der Waals surface area contributed by atoms with Crippen LogP contribution in [0.5, 0.6) is 0 Å². The summed E-state index contributed by atoms with van der Waals surface area (Å²) in [4.78, 5) is 42.2. The zero-order chi connectivity index (χ0) is 23.8. The van der Waals surface area contributed by atoms with Crippen molar-refractivity contribution in [2.45, 2.75) is 77.9 Å². The van der Waals surface area contributed by atoms with Gasteiger partial charge in [0.05, 0.1) is 0 Å². The first-order valence-electron chi connectivity index (χ1n) is 12.3. The molecule has 0 radical (unpaired) electrons. The minimum Gasteiger partial charge on any atom is -0.352 e. The molecule has 7 heteroatoms. The van der Waals surface area contributed by atoms with Gasteiger partial charge in [0.25, 0.3) is 5.91 Å². The maximum absolute atomic E-state index is 13.3. The van der Waals surface area contributed by atoms with E-state index in [0.29, 0.717) is 18.8 Å². The smallest absolute Gasteiger partial charge is 0.325 e. The van der Waals surface area contributed by atoms with E-state index in [1.807, 2.05) is 0 Å². The molecular formula is C26H38N4O3. The average molecular weight is 455 g/mol. The number of nitrogens with zero attached hydrogens (tertiary/aromatic N) is 2. The Morgan fingerprint density at radius 2 is 1.85 bits per heavy atom. The first-order chi connectivity index (χ1) is 15.6. The summed E-state index contributed by atoms with van der Waals surface area (Å²) in [6, 6.07) is 8.08. The minimum atomic E-state index is -0.862. The molecule has 180 valence electrons. The van der Waals surface area contributed by atoms with Crippen LogP contribution in [0.25, 0.3) is 0 Å². The Hall–Kier alpha value is -2.41. The standard InChI is InChI=1S/C26H38N4O3/c1-18-13-25(3,4)17-26(14-18)23(32)30(24(33)28-26)16-22(31)27-21-9-11-29(12-10-21)15-20-8-6-5-7-19(20)2/h5-8,18,21H,9-17H2,1-4H3,(H,27,31)(H,28,33). The Morgan fingerprint density at radius 3 is 2.52 bits per heavy atom. The van der Waals surface area contributed by atoms with E-state index in [1.54, 1.807) is 0 Å². The molecule has 1 saturated carbocycles. The SMILES string of the molecule is Cc1ccccc1CN1CCC(NC(=O)CN2C(=O)NC3(CC(C)CC(C)(C)C3)C2=O)CC1. The predicted octanol–water partition coefficient (Wildman–Crippen LogP) is 3.21. The Kier molecular flexibility index (Phi) is 6.54. The fourth-order valence-corrected chi connectivity index (χ4v) is 6.33. The monoisotopic (exact) mass is 454 g/mol. The van der Waals surface area contributed by atoms with Gasteiger partial charge in [-0.2, -0.15) is 0 Å². The van der Waals surface area contributed by atoms with Crippen molar-refractivity contribution in [2.75, 3.05) is 19.6 Å². The Balaban J connectivity index is 1.28. The van der Waals surface area contributed by atoms with Crippen LogP contribution in [0.2, 0.25) is 0 Å². The summed E-state index contributed by atoms with van der Waals surface area (Å²) in [5.74, 6) is -0.150. The summed E-state index contributed by atoms with van der Waals surface area (Å²) in [5.41, 5.74) is 1.76. The van der Waals surface area contributed by atoms with E-state index in [2.05, 4.69) is 67.5 Å². The van der Waals surface area contributed by atoms with Gasteiger partial charge in [-0.05, 0) is 61.5 Å². The van der Waals surface area contributed by atoms with E-state index in [1.165, 1.54) is 11.1 Å². The maximum atomic E-state index is 13.3. The van der Waals surface area contributed by atoms with Crippen molar-refractivity contribution in [2.24, 2.45) is 11.3 Å². The summed E-state index contributed by atoms with van der Waals surface area (Å²) in [5, 5.41) is 6.01. The van der Waals surface area contributed by atoms with Gasteiger partial charge >= 0.3 is 6.03 Å². The second kappa shape index (κ2) is 9.09. The van der Waals surface area contributed by atoms with Crippen LogP contribution in [0, 0.1) is 18.3 Å². The lowest BCUT2D eigenvalue weighted by Crippen LogP contribution is -2.54. The zero-order valence-corrected chi connectivity index (χ0v) is 20.4. The molecule has 2 saturated heterocycles. The molecule has 1 aromatic carbocycles. The highest BCUT2D eigenvalue weighted by molar-refractivity contribution is 6.09. The summed E-state index contributed by atoms with van der Waals surface area (Å²) in [7, 11) is 0. The lowest BCUT2D eigenvalue weighted by Gasteiger charge is -2.43. The van der Waals surface area contributed by atoms with Crippen molar-refractivity contribution in [1.29, 1.82) is 0 Å².